The number of aromatic nitrogens is 4. The van der Waals surface area contributed by atoms with Crippen LogP contribution in [0.25, 0.3) is 11.4 Å². The third-order valence-corrected chi connectivity index (χ3v) is 9.72. The number of halogens is 1. The van der Waals surface area contributed by atoms with Crippen molar-refractivity contribution in [1.29, 1.82) is 0 Å². The number of pyridine rings is 1. The molecule has 1 aliphatic rings. The largest absolute Gasteiger partial charge is 0.505 e. The zero-order chi connectivity index (χ0) is 33.1. The quantitative estimate of drug-likeness (QED) is 0.0368. The number of nitrogens with zero attached hydrogens (tertiary/aromatic N) is 5. The van der Waals surface area contributed by atoms with Crippen molar-refractivity contribution in [3.8, 4) is 11.5 Å². The monoisotopic (exact) mass is 673 g/mol. The molecule has 5 aromatic rings. The highest BCUT2D eigenvalue weighted by molar-refractivity contribution is 8.00. The van der Waals surface area contributed by atoms with Gasteiger partial charge in [-0.1, -0.05) is 60.7 Å². The van der Waals surface area contributed by atoms with Crippen molar-refractivity contribution in [3.63, 3.8) is 0 Å². The summed E-state index contributed by atoms with van der Waals surface area (Å²) in [5.74, 6) is -0.907. The highest BCUT2D eigenvalue weighted by Crippen LogP contribution is 2.46. The molecule has 2 aromatic carbocycles. The van der Waals surface area contributed by atoms with Gasteiger partial charge in [0, 0.05) is 11.9 Å². The number of benzene rings is 2. The fourth-order valence-electron chi connectivity index (χ4n) is 5.36. The van der Waals surface area contributed by atoms with Crippen LogP contribution < -0.4 is 14.4 Å². The molecule has 1 fully saturated rings. The number of aliphatic hydroxyl groups excluding tert-OH is 1. The Morgan fingerprint density at radius 3 is 2.62 bits per heavy atom. The summed E-state index contributed by atoms with van der Waals surface area (Å²) in [4.78, 5) is 33.5. The van der Waals surface area contributed by atoms with Crippen LogP contribution in [0.5, 0.6) is 11.5 Å². The number of imidazole rings is 1. The predicted octanol–water partition coefficient (Wildman–Crippen LogP) is 7.13. The Labute approximate surface area is 278 Å². The van der Waals surface area contributed by atoms with Crippen molar-refractivity contribution in [1.82, 2.24) is 19.6 Å². The van der Waals surface area contributed by atoms with E-state index in [1.54, 1.807) is 60.0 Å². The molecule has 0 saturated carbocycles. The summed E-state index contributed by atoms with van der Waals surface area (Å²) >= 11 is 2.52. The van der Waals surface area contributed by atoms with Gasteiger partial charge in [0.25, 0.3) is 5.78 Å². The molecule has 3 aromatic heterocycles. The first-order valence-electron chi connectivity index (χ1n) is 15.2. The molecule has 1 saturated heterocycles. The molecule has 6 rings (SSSR count). The molecule has 10 nitrogen and oxygen atoms in total. The smallest absolute Gasteiger partial charge is 0.301 e. The van der Waals surface area contributed by atoms with Crippen LogP contribution in [-0.4, -0.2) is 49.6 Å². The van der Waals surface area contributed by atoms with Gasteiger partial charge in [-0.15, -0.1) is 10.2 Å². The van der Waals surface area contributed by atoms with Crippen molar-refractivity contribution >= 4 is 51.3 Å². The van der Waals surface area contributed by atoms with E-state index in [2.05, 4.69) is 22.1 Å². The lowest BCUT2D eigenvalue weighted by atomic mass is 9.96. The van der Waals surface area contributed by atoms with Crippen LogP contribution in [0.3, 0.4) is 0 Å². The van der Waals surface area contributed by atoms with Crippen molar-refractivity contribution in [2.75, 3.05) is 18.1 Å². The minimum absolute atomic E-state index is 0.110. The van der Waals surface area contributed by atoms with Gasteiger partial charge < -0.3 is 14.6 Å². The van der Waals surface area contributed by atoms with Crippen molar-refractivity contribution in [3.05, 3.63) is 101 Å². The van der Waals surface area contributed by atoms with Crippen LogP contribution in [0.15, 0.2) is 76.8 Å². The number of thioether (sulfide) groups is 1. The van der Waals surface area contributed by atoms with E-state index >= 15 is 0 Å². The number of Topliss-reactive ketones (excluding diaryl/α,β-unsaturated/α-hetero) is 1. The number of hydrogen-bond acceptors (Lipinski definition) is 10. The molecule has 1 unspecified atom stereocenters. The van der Waals surface area contributed by atoms with Gasteiger partial charge in [0.1, 0.15) is 17.2 Å². The molecule has 47 heavy (non-hydrogen) atoms. The van der Waals surface area contributed by atoms with Crippen LogP contribution in [0.2, 0.25) is 0 Å². The van der Waals surface area contributed by atoms with Crippen LogP contribution in [-0.2, 0) is 15.3 Å². The molecule has 0 radical (unpaired) electrons. The Balaban J connectivity index is 1.45. The zero-order valence-corrected chi connectivity index (χ0v) is 27.6. The zero-order valence-electron chi connectivity index (χ0n) is 26.0. The topological polar surface area (TPSA) is 119 Å². The first kappa shape index (κ1) is 32.2. The number of ether oxygens (including phenoxy) is 2. The number of carbonyl (C=O) groups is 2. The summed E-state index contributed by atoms with van der Waals surface area (Å²) < 4.78 is 27.5. The standard InChI is InChI=1S/C34H32FN5O5S2/c1-4-6-17-45-24-15-12-22(18-25(24)44-5-2)29-27(30(41)28-20(3)36-26-9-7-8-16-39(26)28)31(42)32(43)40(29)33-37-38-34(47-33)46-19-21-10-13-23(35)14-11-21/h7-16,18,29,41H,4-6,17,19H2,1-3H3/b30-27+. The van der Waals surface area contributed by atoms with Crippen molar-refractivity contribution < 1.29 is 28.6 Å². The third-order valence-electron chi connectivity index (χ3n) is 7.59. The number of fused-ring (bicyclic) bond motifs is 1. The summed E-state index contributed by atoms with van der Waals surface area (Å²) in [5.41, 5.74) is 2.67. The molecule has 242 valence electrons. The Morgan fingerprint density at radius 2 is 1.85 bits per heavy atom. The maximum atomic E-state index is 13.9. The summed E-state index contributed by atoms with van der Waals surface area (Å²) in [6.07, 6.45) is 3.57. The van der Waals surface area contributed by atoms with Crippen LogP contribution >= 0.6 is 23.1 Å². The second-order valence-electron chi connectivity index (χ2n) is 10.8. The lowest BCUT2D eigenvalue weighted by Gasteiger charge is -2.23. The van der Waals surface area contributed by atoms with Gasteiger partial charge >= 0.3 is 5.91 Å². The van der Waals surface area contributed by atoms with Crippen LogP contribution in [0.4, 0.5) is 9.52 Å². The van der Waals surface area contributed by atoms with Crippen molar-refractivity contribution in [2.45, 2.75) is 49.7 Å². The van der Waals surface area contributed by atoms with Gasteiger partial charge in [-0.3, -0.25) is 18.9 Å². The summed E-state index contributed by atoms with van der Waals surface area (Å²) in [6, 6.07) is 15.7. The van der Waals surface area contributed by atoms with Gasteiger partial charge in [-0.05, 0) is 67.8 Å². The molecule has 1 atom stereocenters. The molecule has 13 heteroatoms. The number of anilines is 1. The number of amides is 1. The molecule has 0 spiro atoms. The Bertz CT molecular complexity index is 1970. The van der Waals surface area contributed by atoms with E-state index in [1.165, 1.54) is 28.8 Å². The van der Waals surface area contributed by atoms with Crippen LogP contribution in [0.1, 0.15) is 55.2 Å². The Hall–Kier alpha value is -4.75. The minimum atomic E-state index is -1.06. The fraction of sp³-hybridized carbons (Fsp3) is 0.265. The highest BCUT2D eigenvalue weighted by Gasteiger charge is 2.49. The summed E-state index contributed by atoms with van der Waals surface area (Å²) in [5, 5.41) is 20.6. The van der Waals surface area contributed by atoms with E-state index in [9.17, 15) is 19.1 Å². The van der Waals surface area contributed by atoms with Gasteiger partial charge in [0.2, 0.25) is 5.13 Å². The van der Waals surface area contributed by atoms with E-state index in [0.717, 1.165) is 29.7 Å². The molecule has 0 bridgehead atoms. The first-order valence-corrected chi connectivity index (χ1v) is 17.0. The first-order chi connectivity index (χ1) is 22.8. The summed E-state index contributed by atoms with van der Waals surface area (Å²) in [6.45, 7) is 6.53. The van der Waals surface area contributed by atoms with Gasteiger partial charge in [0.05, 0.1) is 30.5 Å². The molecule has 4 heterocycles. The highest BCUT2D eigenvalue weighted by atomic mass is 32.2. The summed E-state index contributed by atoms with van der Waals surface area (Å²) in [7, 11) is 0. The average Bonchev–Trinajstić information content (AvgIpc) is 3.74. The lowest BCUT2D eigenvalue weighted by Crippen LogP contribution is -2.29. The van der Waals surface area contributed by atoms with Gasteiger partial charge in [0.15, 0.2) is 21.6 Å². The number of rotatable bonds is 12. The Kier molecular flexibility index (Phi) is 9.55. The third kappa shape index (κ3) is 6.45. The molecular weight excluding hydrogens is 642 g/mol. The fourth-order valence-corrected chi connectivity index (χ4v) is 7.19. The van der Waals surface area contributed by atoms with Crippen LogP contribution in [0, 0.1) is 12.7 Å². The number of aliphatic hydroxyl groups is 1. The Morgan fingerprint density at radius 1 is 1.04 bits per heavy atom. The second-order valence-corrected chi connectivity index (χ2v) is 12.9. The van der Waals surface area contributed by atoms with Crippen molar-refractivity contribution in [2.24, 2.45) is 0 Å². The molecule has 1 N–H and O–H groups in total. The van der Waals surface area contributed by atoms with Gasteiger partial charge in [-0.25, -0.2) is 9.37 Å². The van der Waals surface area contributed by atoms with Gasteiger partial charge in [-0.2, -0.15) is 0 Å². The molecule has 0 aliphatic carbocycles. The maximum absolute atomic E-state index is 13.9. The number of unbranched alkanes of at least 4 members (excludes halogenated alkanes) is 1. The molecule has 1 aliphatic heterocycles. The minimum Gasteiger partial charge on any atom is -0.505 e. The SMILES string of the molecule is CCCCOc1ccc(C2/C(=C(\O)c3c(C)nc4ccccn34)C(=O)C(=O)N2c2nnc(SCc3ccc(F)cc3)s2)cc1OCC. The maximum Gasteiger partial charge on any atom is 0.301 e. The normalized spacial score (nSPS) is 15.9. The number of hydrogen-bond donors (Lipinski definition) is 1. The number of aryl methyl sites for hydroxylation is 1. The predicted molar refractivity (Wildman–Crippen MR) is 179 cm³/mol. The van der Waals surface area contributed by atoms with E-state index < -0.39 is 17.7 Å². The van der Waals surface area contributed by atoms with E-state index in [-0.39, 0.29) is 22.3 Å². The number of carbonyl (C=O) groups excluding carboxylic acids is 2. The second kappa shape index (κ2) is 13.9. The number of ketones is 1. The van der Waals surface area contributed by atoms with E-state index in [1.807, 2.05) is 13.0 Å². The van der Waals surface area contributed by atoms with E-state index in [4.69, 9.17) is 9.47 Å². The van der Waals surface area contributed by atoms with E-state index in [0.29, 0.717) is 57.4 Å². The molecule has 1 amide bonds. The lowest BCUT2D eigenvalue weighted by molar-refractivity contribution is -0.132. The molecular formula is C34H32FN5O5S2. The average molecular weight is 674 g/mol.